The quantitative estimate of drug-likeness (QED) is 0.869. The SMILES string of the molecule is CCC1CCCCCN1CC(O)c1ccc(CN)cc1. The zero-order valence-corrected chi connectivity index (χ0v) is 12.6. The fourth-order valence-electron chi connectivity index (χ4n) is 3.14. The number of aliphatic hydroxyl groups excluding tert-OH is 1. The number of rotatable bonds is 5. The monoisotopic (exact) mass is 276 g/mol. The van der Waals surface area contributed by atoms with Gasteiger partial charge in [-0.1, -0.05) is 44.0 Å². The number of aliphatic hydroxyl groups is 1. The van der Waals surface area contributed by atoms with Gasteiger partial charge in [-0.3, -0.25) is 4.90 Å². The number of hydrogen-bond donors (Lipinski definition) is 2. The van der Waals surface area contributed by atoms with E-state index >= 15 is 0 Å². The van der Waals surface area contributed by atoms with Gasteiger partial charge < -0.3 is 10.8 Å². The van der Waals surface area contributed by atoms with Crippen LogP contribution in [0.3, 0.4) is 0 Å². The number of benzene rings is 1. The maximum absolute atomic E-state index is 10.5. The standard InChI is InChI=1S/C17H28N2O/c1-2-16-6-4-3-5-11-19(16)13-17(20)15-9-7-14(12-18)8-10-15/h7-10,16-17,20H,2-6,11-13,18H2,1H3. The van der Waals surface area contributed by atoms with Crippen LogP contribution >= 0.6 is 0 Å². The number of hydrogen-bond acceptors (Lipinski definition) is 3. The number of nitrogens with zero attached hydrogens (tertiary/aromatic N) is 1. The summed E-state index contributed by atoms with van der Waals surface area (Å²) in [4.78, 5) is 2.48. The van der Waals surface area contributed by atoms with Crippen LogP contribution in [0.1, 0.15) is 56.3 Å². The Morgan fingerprint density at radius 2 is 2.00 bits per heavy atom. The molecule has 0 amide bonds. The fourth-order valence-corrected chi connectivity index (χ4v) is 3.14. The first-order chi connectivity index (χ1) is 9.74. The van der Waals surface area contributed by atoms with Gasteiger partial charge in [0.05, 0.1) is 6.10 Å². The molecule has 2 atom stereocenters. The normalized spacial score (nSPS) is 22.4. The van der Waals surface area contributed by atoms with Crippen LogP contribution in [0.25, 0.3) is 0 Å². The molecule has 0 spiro atoms. The molecule has 3 heteroatoms. The minimum absolute atomic E-state index is 0.394. The zero-order valence-electron chi connectivity index (χ0n) is 12.6. The molecular formula is C17H28N2O. The lowest BCUT2D eigenvalue weighted by Gasteiger charge is -2.31. The van der Waals surface area contributed by atoms with E-state index in [2.05, 4.69) is 11.8 Å². The summed E-state index contributed by atoms with van der Waals surface area (Å²) >= 11 is 0. The molecule has 1 aliphatic rings. The van der Waals surface area contributed by atoms with Crippen LogP contribution in [0.2, 0.25) is 0 Å². The van der Waals surface area contributed by atoms with Gasteiger partial charge in [0.25, 0.3) is 0 Å². The van der Waals surface area contributed by atoms with Crippen molar-refractivity contribution in [2.45, 2.75) is 57.7 Å². The molecule has 2 rings (SSSR count). The predicted octanol–water partition coefficient (Wildman–Crippen LogP) is 2.83. The van der Waals surface area contributed by atoms with E-state index in [1.807, 2.05) is 24.3 Å². The van der Waals surface area contributed by atoms with Gasteiger partial charge in [-0.05, 0) is 36.9 Å². The molecular weight excluding hydrogens is 248 g/mol. The van der Waals surface area contributed by atoms with Crippen molar-refractivity contribution in [3.8, 4) is 0 Å². The molecule has 0 bridgehead atoms. The molecule has 1 saturated heterocycles. The smallest absolute Gasteiger partial charge is 0.0917 e. The Morgan fingerprint density at radius 3 is 2.65 bits per heavy atom. The average molecular weight is 276 g/mol. The summed E-state index contributed by atoms with van der Waals surface area (Å²) in [6, 6.07) is 8.67. The van der Waals surface area contributed by atoms with Crippen molar-refractivity contribution in [2.75, 3.05) is 13.1 Å². The van der Waals surface area contributed by atoms with Gasteiger partial charge in [0.2, 0.25) is 0 Å². The number of likely N-dealkylation sites (tertiary alicyclic amines) is 1. The molecule has 1 heterocycles. The Hall–Kier alpha value is -0.900. The zero-order chi connectivity index (χ0) is 14.4. The molecule has 20 heavy (non-hydrogen) atoms. The van der Waals surface area contributed by atoms with Crippen LogP contribution in [0.4, 0.5) is 0 Å². The Kier molecular flexibility index (Phi) is 6.02. The van der Waals surface area contributed by atoms with Gasteiger partial charge in [0, 0.05) is 19.1 Å². The van der Waals surface area contributed by atoms with E-state index in [1.54, 1.807) is 0 Å². The van der Waals surface area contributed by atoms with Crippen LogP contribution < -0.4 is 5.73 Å². The topological polar surface area (TPSA) is 49.5 Å². The molecule has 1 aromatic rings. The molecule has 0 radical (unpaired) electrons. The lowest BCUT2D eigenvalue weighted by Crippen LogP contribution is -2.37. The van der Waals surface area contributed by atoms with Crippen LogP contribution in [0, 0.1) is 0 Å². The highest BCUT2D eigenvalue weighted by Crippen LogP contribution is 2.23. The van der Waals surface area contributed by atoms with Gasteiger partial charge in [0.15, 0.2) is 0 Å². The van der Waals surface area contributed by atoms with Crippen LogP contribution in [0.15, 0.2) is 24.3 Å². The van der Waals surface area contributed by atoms with Crippen molar-refractivity contribution in [3.63, 3.8) is 0 Å². The minimum atomic E-state index is -0.394. The number of nitrogens with two attached hydrogens (primary N) is 1. The molecule has 112 valence electrons. The minimum Gasteiger partial charge on any atom is -0.387 e. The van der Waals surface area contributed by atoms with Crippen LogP contribution in [-0.2, 0) is 6.54 Å². The van der Waals surface area contributed by atoms with E-state index in [0.717, 1.165) is 24.2 Å². The third-order valence-corrected chi connectivity index (χ3v) is 4.48. The Labute approximate surface area is 122 Å². The number of β-amino-alcohol motifs (C(OH)–C–C–N with tert-alkyl or cyclic N) is 1. The van der Waals surface area contributed by atoms with Crippen LogP contribution in [-0.4, -0.2) is 29.1 Å². The maximum Gasteiger partial charge on any atom is 0.0917 e. The summed E-state index contributed by atoms with van der Waals surface area (Å²) in [6.07, 6.45) is 5.97. The molecule has 2 unspecified atom stereocenters. The second-order valence-corrected chi connectivity index (χ2v) is 5.87. The van der Waals surface area contributed by atoms with E-state index in [0.29, 0.717) is 12.6 Å². The van der Waals surface area contributed by atoms with E-state index < -0.39 is 6.10 Å². The highest BCUT2D eigenvalue weighted by molar-refractivity contribution is 5.24. The van der Waals surface area contributed by atoms with Crippen molar-refractivity contribution in [1.82, 2.24) is 4.90 Å². The summed E-state index contributed by atoms with van der Waals surface area (Å²) in [5.41, 5.74) is 7.72. The van der Waals surface area contributed by atoms with Crippen molar-refractivity contribution in [2.24, 2.45) is 5.73 Å². The van der Waals surface area contributed by atoms with Crippen molar-refractivity contribution in [3.05, 3.63) is 35.4 Å². The first kappa shape index (κ1) is 15.5. The predicted molar refractivity (Wildman–Crippen MR) is 83.4 cm³/mol. The molecule has 3 N–H and O–H groups in total. The summed E-state index contributed by atoms with van der Waals surface area (Å²) in [6.45, 7) is 4.68. The molecule has 0 saturated carbocycles. The fraction of sp³-hybridized carbons (Fsp3) is 0.647. The van der Waals surface area contributed by atoms with Gasteiger partial charge in [-0.2, -0.15) is 0 Å². The van der Waals surface area contributed by atoms with Gasteiger partial charge in [0.1, 0.15) is 0 Å². The summed E-state index contributed by atoms with van der Waals surface area (Å²) in [7, 11) is 0. The maximum atomic E-state index is 10.5. The highest BCUT2D eigenvalue weighted by atomic mass is 16.3. The van der Waals surface area contributed by atoms with E-state index in [4.69, 9.17) is 5.73 Å². The lowest BCUT2D eigenvalue weighted by molar-refractivity contribution is 0.0865. The van der Waals surface area contributed by atoms with E-state index in [1.165, 1.54) is 32.1 Å². The van der Waals surface area contributed by atoms with E-state index in [-0.39, 0.29) is 0 Å². The largest absolute Gasteiger partial charge is 0.387 e. The third kappa shape index (κ3) is 4.05. The first-order valence-electron chi connectivity index (χ1n) is 7.95. The Balaban J connectivity index is 1.98. The lowest BCUT2D eigenvalue weighted by atomic mass is 10.0. The summed E-state index contributed by atoms with van der Waals surface area (Å²) in [5, 5.41) is 10.5. The highest BCUT2D eigenvalue weighted by Gasteiger charge is 2.22. The van der Waals surface area contributed by atoms with Crippen molar-refractivity contribution >= 4 is 0 Å². The summed E-state index contributed by atoms with van der Waals surface area (Å²) in [5.74, 6) is 0. The Bertz CT molecular complexity index is 390. The molecule has 3 nitrogen and oxygen atoms in total. The van der Waals surface area contributed by atoms with Crippen molar-refractivity contribution < 1.29 is 5.11 Å². The average Bonchev–Trinajstić information content (AvgIpc) is 2.72. The molecule has 0 aliphatic carbocycles. The second-order valence-electron chi connectivity index (χ2n) is 5.87. The summed E-state index contributed by atoms with van der Waals surface area (Å²) < 4.78 is 0. The van der Waals surface area contributed by atoms with Gasteiger partial charge in [-0.25, -0.2) is 0 Å². The third-order valence-electron chi connectivity index (χ3n) is 4.48. The molecule has 1 aliphatic heterocycles. The second kappa shape index (κ2) is 7.77. The molecule has 0 aromatic heterocycles. The van der Waals surface area contributed by atoms with E-state index in [9.17, 15) is 5.11 Å². The van der Waals surface area contributed by atoms with Gasteiger partial charge in [-0.15, -0.1) is 0 Å². The van der Waals surface area contributed by atoms with Gasteiger partial charge >= 0.3 is 0 Å². The molecule has 1 aromatic carbocycles. The first-order valence-corrected chi connectivity index (χ1v) is 7.95. The van der Waals surface area contributed by atoms with Crippen LogP contribution in [0.5, 0.6) is 0 Å². The Morgan fingerprint density at radius 1 is 1.25 bits per heavy atom. The molecule has 1 fully saturated rings. The van der Waals surface area contributed by atoms with Crippen molar-refractivity contribution in [1.29, 1.82) is 0 Å².